The maximum absolute atomic E-state index is 13.9. The zero-order valence-corrected chi connectivity index (χ0v) is 22.4. The number of rotatable bonds is 7. The van der Waals surface area contributed by atoms with Crippen molar-refractivity contribution in [2.75, 3.05) is 39.8 Å². The lowest BCUT2D eigenvalue weighted by atomic mass is 9.84. The largest absolute Gasteiger partial charge is 0.415 e. The fourth-order valence-corrected chi connectivity index (χ4v) is 8.20. The Morgan fingerprint density at radius 1 is 1.37 bits per heavy atom. The van der Waals surface area contributed by atoms with Crippen molar-refractivity contribution in [2.45, 2.75) is 68.4 Å². The molecule has 12 heteroatoms. The topological polar surface area (TPSA) is 85.1 Å². The standard InChI is InChI=1S/C26H37F4N5O2S/c1-33-15-20(13-31)38-23(33)25-6-4-18(10-16(25)12-25)35(9-8-34-7-5-19(36)14-34)24(37)32-17-2-3-22(27)21(11-17)26(28,29)30/h2,11,15-16,18-19,22-23,36H,3-10,12-14,31H2,1H3,(H,32,37)/t16?,18-,19?,22?,23?,25+/m1/s1. The summed E-state index contributed by atoms with van der Waals surface area (Å²) in [5, 5.41) is 12.9. The Labute approximate surface area is 225 Å². The fraction of sp³-hybridized carbons (Fsp3) is 0.731. The molecule has 5 aliphatic rings. The van der Waals surface area contributed by atoms with Gasteiger partial charge in [-0.3, -0.25) is 4.90 Å². The molecule has 3 fully saturated rings. The number of allylic oxidation sites excluding steroid dienone is 3. The number of nitrogens with zero attached hydrogens (tertiary/aromatic N) is 3. The van der Waals surface area contributed by atoms with Gasteiger partial charge in [0.25, 0.3) is 0 Å². The summed E-state index contributed by atoms with van der Waals surface area (Å²) in [6.07, 6.45) is 0.824. The van der Waals surface area contributed by atoms with Gasteiger partial charge in [0.15, 0.2) is 0 Å². The lowest BCUT2D eigenvalue weighted by Gasteiger charge is -2.40. The summed E-state index contributed by atoms with van der Waals surface area (Å²) in [6.45, 7) is 2.81. The summed E-state index contributed by atoms with van der Waals surface area (Å²) in [7, 11) is 2.09. The molecular formula is C26H37F4N5O2S. The molecule has 6 atom stereocenters. The van der Waals surface area contributed by atoms with Crippen LogP contribution in [0.3, 0.4) is 0 Å². The SMILES string of the molecule is CN1C=C(CN)SC1[C@]12CC[C@@H](N(CCN3CCC(O)C3)C(=O)NC3=CCC(F)C(C(F)(F)F)=C3)CC1C2. The number of carbonyl (C=O) groups is 1. The van der Waals surface area contributed by atoms with Crippen molar-refractivity contribution in [2.24, 2.45) is 17.1 Å². The number of nitrogens with two attached hydrogens (primary N) is 1. The Balaban J connectivity index is 1.27. The Morgan fingerprint density at radius 3 is 2.79 bits per heavy atom. The summed E-state index contributed by atoms with van der Waals surface area (Å²) in [5.41, 5.74) is 4.78. The molecule has 5 rings (SSSR count). The van der Waals surface area contributed by atoms with Gasteiger partial charge in [-0.1, -0.05) is 6.08 Å². The van der Waals surface area contributed by atoms with E-state index >= 15 is 0 Å². The normalized spacial score (nSPS) is 35.4. The van der Waals surface area contributed by atoms with Crippen LogP contribution < -0.4 is 11.1 Å². The van der Waals surface area contributed by atoms with Gasteiger partial charge in [-0.15, -0.1) is 11.8 Å². The first-order valence-corrected chi connectivity index (χ1v) is 14.3. The highest BCUT2D eigenvalue weighted by Gasteiger charge is 2.63. The minimum atomic E-state index is -4.79. The van der Waals surface area contributed by atoms with Crippen LogP contribution in [-0.4, -0.2) is 95.5 Å². The van der Waals surface area contributed by atoms with E-state index in [2.05, 4.69) is 28.4 Å². The number of nitrogens with one attached hydrogen (secondary N) is 1. The van der Waals surface area contributed by atoms with E-state index in [4.69, 9.17) is 5.73 Å². The number of amides is 2. The summed E-state index contributed by atoms with van der Waals surface area (Å²) >= 11 is 1.84. The third kappa shape index (κ3) is 5.59. The van der Waals surface area contributed by atoms with Gasteiger partial charge in [0.1, 0.15) is 6.17 Å². The molecular weight excluding hydrogens is 522 g/mol. The van der Waals surface area contributed by atoms with E-state index in [9.17, 15) is 27.5 Å². The molecule has 0 bridgehead atoms. The average Bonchev–Trinajstić information content (AvgIpc) is 3.23. The molecule has 0 aromatic heterocycles. The number of likely N-dealkylation sites (tertiary alicyclic amines) is 1. The fourth-order valence-electron chi connectivity index (χ4n) is 6.72. The molecule has 2 amide bonds. The van der Waals surface area contributed by atoms with Gasteiger partial charge in [-0.05, 0) is 44.1 Å². The van der Waals surface area contributed by atoms with Crippen LogP contribution in [0.15, 0.2) is 34.5 Å². The highest BCUT2D eigenvalue weighted by Crippen LogP contribution is 2.68. The van der Waals surface area contributed by atoms with Crippen molar-refractivity contribution in [1.82, 2.24) is 20.0 Å². The molecule has 0 aromatic rings. The van der Waals surface area contributed by atoms with Gasteiger partial charge in [0, 0.05) is 74.5 Å². The molecule has 7 nitrogen and oxygen atoms in total. The molecule has 0 spiro atoms. The summed E-state index contributed by atoms with van der Waals surface area (Å²) < 4.78 is 53.7. The zero-order valence-electron chi connectivity index (χ0n) is 21.6. The molecule has 38 heavy (non-hydrogen) atoms. The first-order valence-electron chi connectivity index (χ1n) is 13.4. The molecule has 4 N–H and O–H groups in total. The third-order valence-electron chi connectivity index (χ3n) is 8.83. The number of β-amino-alcohol motifs (C(OH)–C–C–N with tert-alkyl or cyclic N) is 1. The Hall–Kier alpha value is -1.76. The summed E-state index contributed by atoms with van der Waals surface area (Å²) in [5.74, 6) is 0.466. The van der Waals surface area contributed by atoms with Crippen molar-refractivity contribution in [3.8, 4) is 0 Å². The third-order valence-corrected chi connectivity index (χ3v) is 10.4. The van der Waals surface area contributed by atoms with Gasteiger partial charge in [-0.25, -0.2) is 9.18 Å². The number of halogens is 4. The Kier molecular flexibility index (Phi) is 7.80. The number of fused-ring (bicyclic) bond motifs is 1. The monoisotopic (exact) mass is 559 g/mol. The minimum Gasteiger partial charge on any atom is -0.392 e. The molecule has 4 unspecified atom stereocenters. The molecule has 0 radical (unpaired) electrons. The van der Waals surface area contributed by atoms with Crippen LogP contribution in [-0.2, 0) is 0 Å². The zero-order chi connectivity index (χ0) is 27.2. The molecule has 212 valence electrons. The molecule has 1 saturated heterocycles. The van der Waals surface area contributed by atoms with Crippen LogP contribution in [0.25, 0.3) is 0 Å². The van der Waals surface area contributed by atoms with E-state index in [1.165, 1.54) is 11.0 Å². The van der Waals surface area contributed by atoms with E-state index in [0.29, 0.717) is 50.0 Å². The predicted molar refractivity (Wildman–Crippen MR) is 138 cm³/mol. The number of aliphatic hydroxyl groups excluding tert-OH is 1. The summed E-state index contributed by atoms with van der Waals surface area (Å²) in [4.78, 5) is 20.8. The van der Waals surface area contributed by atoms with Crippen molar-refractivity contribution >= 4 is 17.8 Å². The maximum Gasteiger partial charge on any atom is 0.415 e. The second-order valence-electron chi connectivity index (χ2n) is 11.3. The van der Waals surface area contributed by atoms with Crippen LogP contribution in [0.4, 0.5) is 22.4 Å². The number of hydrogen-bond donors (Lipinski definition) is 3. The van der Waals surface area contributed by atoms with Crippen LogP contribution in [0.5, 0.6) is 0 Å². The van der Waals surface area contributed by atoms with Crippen molar-refractivity contribution in [3.05, 3.63) is 34.5 Å². The van der Waals surface area contributed by atoms with Crippen molar-refractivity contribution in [1.29, 1.82) is 0 Å². The van der Waals surface area contributed by atoms with Crippen LogP contribution in [0, 0.1) is 11.3 Å². The molecule has 0 aromatic carbocycles. The van der Waals surface area contributed by atoms with E-state index in [1.807, 2.05) is 11.8 Å². The highest BCUT2D eigenvalue weighted by molar-refractivity contribution is 8.03. The van der Waals surface area contributed by atoms with Gasteiger partial charge >= 0.3 is 12.2 Å². The van der Waals surface area contributed by atoms with Gasteiger partial charge in [-0.2, -0.15) is 13.2 Å². The van der Waals surface area contributed by atoms with E-state index < -0.39 is 30.4 Å². The van der Waals surface area contributed by atoms with E-state index in [1.54, 1.807) is 4.90 Å². The van der Waals surface area contributed by atoms with Crippen molar-refractivity contribution < 1.29 is 27.5 Å². The number of urea groups is 1. The molecule has 2 aliphatic heterocycles. The van der Waals surface area contributed by atoms with Crippen molar-refractivity contribution in [3.63, 3.8) is 0 Å². The lowest BCUT2D eigenvalue weighted by Crippen LogP contribution is -2.51. The minimum absolute atomic E-state index is 0.0150. The number of aliphatic hydroxyl groups is 1. The smallest absolute Gasteiger partial charge is 0.392 e. The first kappa shape index (κ1) is 27.8. The Morgan fingerprint density at radius 2 is 2.16 bits per heavy atom. The summed E-state index contributed by atoms with van der Waals surface area (Å²) in [6, 6.07) is -0.491. The maximum atomic E-state index is 13.9. The van der Waals surface area contributed by atoms with Crippen LogP contribution >= 0.6 is 11.8 Å². The quantitative estimate of drug-likeness (QED) is 0.414. The molecule has 2 saturated carbocycles. The molecule has 3 aliphatic carbocycles. The first-order chi connectivity index (χ1) is 18.0. The van der Waals surface area contributed by atoms with Gasteiger partial charge in [0.2, 0.25) is 0 Å². The van der Waals surface area contributed by atoms with E-state index in [-0.39, 0.29) is 23.3 Å². The number of alkyl halides is 4. The van der Waals surface area contributed by atoms with Crippen LogP contribution in [0.1, 0.15) is 38.5 Å². The number of thioether (sulfide) groups is 1. The van der Waals surface area contributed by atoms with Gasteiger partial charge < -0.3 is 26.0 Å². The second-order valence-corrected chi connectivity index (χ2v) is 12.5. The van der Waals surface area contributed by atoms with Crippen LogP contribution in [0.2, 0.25) is 0 Å². The predicted octanol–water partition coefficient (Wildman–Crippen LogP) is 3.54. The highest BCUT2D eigenvalue weighted by atomic mass is 32.2. The van der Waals surface area contributed by atoms with E-state index in [0.717, 1.165) is 32.2 Å². The average molecular weight is 560 g/mol. The lowest BCUT2D eigenvalue weighted by molar-refractivity contribution is -0.101. The number of hydrogen-bond acceptors (Lipinski definition) is 6. The Bertz CT molecular complexity index is 1020. The second kappa shape index (κ2) is 10.7. The number of carbonyl (C=O) groups excluding carboxylic acids is 1. The molecule has 2 heterocycles. The van der Waals surface area contributed by atoms with Gasteiger partial charge in [0.05, 0.1) is 17.1 Å².